The van der Waals surface area contributed by atoms with Gasteiger partial charge in [0.25, 0.3) is 5.91 Å². The van der Waals surface area contributed by atoms with Crippen LogP contribution in [0.15, 0.2) is 36.4 Å². The maximum absolute atomic E-state index is 13.5. The van der Waals surface area contributed by atoms with E-state index in [-0.39, 0.29) is 17.1 Å². The molecule has 11 heteroatoms. The van der Waals surface area contributed by atoms with Gasteiger partial charge in [0, 0.05) is 6.07 Å². The minimum Gasteiger partial charge on any atom is -0.476 e. The number of fused-ring (bicyclic) bond motifs is 1. The van der Waals surface area contributed by atoms with Crippen molar-refractivity contribution in [2.24, 2.45) is 0 Å². The summed E-state index contributed by atoms with van der Waals surface area (Å²) in [6.45, 7) is 2.72. The van der Waals surface area contributed by atoms with E-state index in [0.29, 0.717) is 6.07 Å². The summed E-state index contributed by atoms with van der Waals surface area (Å²) in [6, 6.07) is 5.78. The molecule has 6 nitrogen and oxygen atoms in total. The molecule has 0 bridgehead atoms. The fourth-order valence-corrected chi connectivity index (χ4v) is 3.48. The number of benzene rings is 2. The Balaban J connectivity index is 2.23. The van der Waals surface area contributed by atoms with Crippen LogP contribution >= 0.6 is 0 Å². The van der Waals surface area contributed by atoms with Crippen molar-refractivity contribution in [1.82, 2.24) is 0 Å². The van der Waals surface area contributed by atoms with E-state index in [9.17, 15) is 30.8 Å². The van der Waals surface area contributed by atoms with Crippen molar-refractivity contribution in [3.63, 3.8) is 0 Å². The zero-order valence-corrected chi connectivity index (χ0v) is 16.3. The molecular weight excluding hydrogens is 416 g/mol. The number of hydrogen-bond donors (Lipinski definition) is 1. The Hall–Kier alpha value is -2.82. The molecule has 2 aromatic rings. The Kier molecular flexibility index (Phi) is 4.77. The van der Waals surface area contributed by atoms with Gasteiger partial charge in [-0.25, -0.2) is 12.8 Å². The maximum Gasteiger partial charge on any atom is 0.418 e. The molecule has 156 valence electrons. The van der Waals surface area contributed by atoms with Gasteiger partial charge in [0.1, 0.15) is 11.6 Å². The molecule has 0 saturated carbocycles. The van der Waals surface area contributed by atoms with Crippen LogP contribution in [0.1, 0.15) is 19.4 Å². The molecule has 0 saturated heterocycles. The molecule has 0 atom stereocenters. The number of anilines is 3. The Bertz CT molecular complexity index is 1100. The van der Waals surface area contributed by atoms with Gasteiger partial charge in [-0.15, -0.1) is 0 Å². The molecule has 0 spiro atoms. The molecule has 3 rings (SSSR count). The van der Waals surface area contributed by atoms with E-state index in [1.807, 2.05) is 0 Å². The third-order valence-electron chi connectivity index (χ3n) is 4.09. The van der Waals surface area contributed by atoms with Crippen molar-refractivity contribution in [3.05, 3.63) is 47.8 Å². The van der Waals surface area contributed by atoms with Gasteiger partial charge in [-0.3, -0.25) is 14.4 Å². The zero-order valence-electron chi connectivity index (χ0n) is 15.5. The van der Waals surface area contributed by atoms with Crippen molar-refractivity contribution in [2.75, 3.05) is 15.9 Å². The van der Waals surface area contributed by atoms with Crippen molar-refractivity contribution >= 4 is 33.0 Å². The minimum atomic E-state index is -4.92. The van der Waals surface area contributed by atoms with Gasteiger partial charge in [0.05, 0.1) is 28.9 Å². The number of halogens is 4. The van der Waals surface area contributed by atoms with Gasteiger partial charge in [-0.05, 0) is 44.2 Å². The molecule has 29 heavy (non-hydrogen) atoms. The predicted molar refractivity (Wildman–Crippen MR) is 98.2 cm³/mol. The number of carbonyl (C=O) groups excluding carboxylic acids is 1. The standard InChI is InChI=1S/C18H16F4N2O4S/c1-17(2)16(25)24(13-6-4-10(19)8-12(13)18(20,21)22)14-7-5-11(9-15(14)28-17)23-29(3,26)27/h4-9,23H,1-3H3. The van der Waals surface area contributed by atoms with Gasteiger partial charge in [0.2, 0.25) is 10.0 Å². The third-order valence-corrected chi connectivity index (χ3v) is 4.70. The molecule has 0 radical (unpaired) electrons. The molecule has 1 amide bonds. The average Bonchev–Trinajstić information content (AvgIpc) is 2.54. The maximum atomic E-state index is 13.5. The first-order valence-electron chi connectivity index (χ1n) is 8.21. The second-order valence-corrected chi connectivity index (χ2v) is 8.72. The molecule has 1 N–H and O–H groups in total. The van der Waals surface area contributed by atoms with Crippen LogP contribution in [0.2, 0.25) is 0 Å². The number of ether oxygens (including phenoxy) is 1. The van der Waals surface area contributed by atoms with E-state index in [4.69, 9.17) is 4.74 Å². The van der Waals surface area contributed by atoms with Crippen LogP contribution in [-0.2, 0) is 21.0 Å². The van der Waals surface area contributed by atoms with E-state index in [0.717, 1.165) is 23.3 Å². The molecule has 1 heterocycles. The van der Waals surface area contributed by atoms with Crippen molar-refractivity contribution in [1.29, 1.82) is 0 Å². The number of rotatable bonds is 3. The average molecular weight is 432 g/mol. The first kappa shape index (κ1) is 20.9. The Morgan fingerprint density at radius 3 is 2.28 bits per heavy atom. The van der Waals surface area contributed by atoms with Crippen LogP contribution < -0.4 is 14.4 Å². The Labute approximate surface area is 164 Å². The smallest absolute Gasteiger partial charge is 0.418 e. The van der Waals surface area contributed by atoms with Crippen molar-refractivity contribution in [3.8, 4) is 5.75 Å². The van der Waals surface area contributed by atoms with Gasteiger partial charge in [-0.2, -0.15) is 13.2 Å². The highest BCUT2D eigenvalue weighted by Crippen LogP contribution is 2.47. The number of sulfonamides is 1. The molecule has 1 aliphatic rings. The van der Waals surface area contributed by atoms with Crippen LogP contribution in [0, 0.1) is 5.82 Å². The lowest BCUT2D eigenvalue weighted by molar-refractivity contribution is -0.137. The van der Waals surface area contributed by atoms with Gasteiger partial charge in [-0.1, -0.05) is 0 Å². The monoisotopic (exact) mass is 432 g/mol. The molecular formula is C18H16F4N2O4S. The summed E-state index contributed by atoms with van der Waals surface area (Å²) < 4.78 is 84.8. The SMILES string of the molecule is CC1(C)Oc2cc(NS(C)(=O)=O)ccc2N(c2ccc(F)cc2C(F)(F)F)C1=O. The summed E-state index contributed by atoms with van der Waals surface area (Å²) >= 11 is 0. The normalized spacial score (nSPS) is 16.2. The van der Waals surface area contributed by atoms with Gasteiger partial charge >= 0.3 is 6.18 Å². The van der Waals surface area contributed by atoms with Crippen LogP contribution in [0.3, 0.4) is 0 Å². The summed E-state index contributed by atoms with van der Waals surface area (Å²) in [6.07, 6.45) is -3.99. The number of nitrogens with zero attached hydrogens (tertiary/aromatic N) is 1. The summed E-state index contributed by atoms with van der Waals surface area (Å²) in [5.74, 6) is -1.92. The highest BCUT2D eigenvalue weighted by molar-refractivity contribution is 7.92. The summed E-state index contributed by atoms with van der Waals surface area (Å²) in [5, 5.41) is 0. The highest BCUT2D eigenvalue weighted by atomic mass is 32.2. The first-order chi connectivity index (χ1) is 13.2. The quantitative estimate of drug-likeness (QED) is 0.743. The predicted octanol–water partition coefficient (Wildman–Crippen LogP) is 4.05. The second-order valence-electron chi connectivity index (χ2n) is 6.97. The van der Waals surface area contributed by atoms with Crippen LogP contribution in [0.5, 0.6) is 5.75 Å². The zero-order chi connectivity index (χ0) is 21.8. The van der Waals surface area contributed by atoms with E-state index < -0.39 is 44.8 Å². The summed E-state index contributed by atoms with van der Waals surface area (Å²) in [5.41, 5.74) is -3.39. The largest absolute Gasteiger partial charge is 0.476 e. The van der Waals surface area contributed by atoms with E-state index >= 15 is 0 Å². The third kappa shape index (κ3) is 4.14. The van der Waals surface area contributed by atoms with Crippen LogP contribution in [-0.4, -0.2) is 26.2 Å². The molecule has 2 aromatic carbocycles. The lowest BCUT2D eigenvalue weighted by Gasteiger charge is -2.39. The van der Waals surface area contributed by atoms with E-state index in [1.165, 1.54) is 32.0 Å². The molecule has 0 aromatic heterocycles. The number of alkyl halides is 3. The fourth-order valence-electron chi connectivity index (χ4n) is 2.92. The Morgan fingerprint density at radius 2 is 1.69 bits per heavy atom. The van der Waals surface area contributed by atoms with Crippen molar-refractivity contribution in [2.45, 2.75) is 25.6 Å². The number of hydrogen-bond acceptors (Lipinski definition) is 4. The van der Waals surface area contributed by atoms with Crippen LogP contribution in [0.4, 0.5) is 34.6 Å². The lowest BCUT2D eigenvalue weighted by atomic mass is 10.0. The summed E-state index contributed by atoms with van der Waals surface area (Å²) in [4.78, 5) is 13.7. The molecule has 1 aliphatic heterocycles. The van der Waals surface area contributed by atoms with E-state index in [1.54, 1.807) is 0 Å². The number of nitrogens with one attached hydrogen (secondary N) is 1. The van der Waals surface area contributed by atoms with Crippen molar-refractivity contribution < 1.29 is 35.5 Å². The fraction of sp³-hybridized carbons (Fsp3) is 0.278. The Morgan fingerprint density at radius 1 is 1.07 bits per heavy atom. The lowest BCUT2D eigenvalue weighted by Crippen LogP contribution is -2.51. The van der Waals surface area contributed by atoms with Gasteiger partial charge < -0.3 is 4.74 Å². The molecule has 0 aliphatic carbocycles. The first-order valence-corrected chi connectivity index (χ1v) is 10.1. The van der Waals surface area contributed by atoms with Crippen LogP contribution in [0.25, 0.3) is 0 Å². The summed E-state index contributed by atoms with van der Waals surface area (Å²) in [7, 11) is -3.62. The number of amides is 1. The minimum absolute atomic E-state index is 0.0132. The van der Waals surface area contributed by atoms with Gasteiger partial charge in [0.15, 0.2) is 5.60 Å². The molecule has 0 unspecified atom stereocenters. The number of carbonyl (C=O) groups is 1. The highest BCUT2D eigenvalue weighted by Gasteiger charge is 2.45. The topological polar surface area (TPSA) is 75.7 Å². The molecule has 0 fully saturated rings. The van der Waals surface area contributed by atoms with E-state index in [2.05, 4.69) is 4.72 Å². The second kappa shape index (κ2) is 6.61.